The normalized spacial score (nSPS) is 13.2. The molecule has 0 bridgehead atoms. The first kappa shape index (κ1) is 29.6. The number of carboxylic acid groups (broad SMARTS) is 2. The lowest BCUT2D eigenvalue weighted by atomic mass is 10.1. The van der Waals surface area contributed by atoms with Crippen molar-refractivity contribution < 1.29 is 49.8 Å². The Labute approximate surface area is 185 Å². The van der Waals surface area contributed by atoms with Gasteiger partial charge in [-0.15, -0.1) is 0 Å². The van der Waals surface area contributed by atoms with Crippen LogP contribution in [0.5, 0.6) is 0 Å². The van der Waals surface area contributed by atoms with E-state index in [-0.39, 0.29) is 39.3 Å². The molecule has 14 heteroatoms. The summed E-state index contributed by atoms with van der Waals surface area (Å²) in [5, 5.41) is 59.2. The summed E-state index contributed by atoms with van der Waals surface area (Å²) >= 11 is 0. The molecule has 2 amide bonds. The van der Waals surface area contributed by atoms with Crippen LogP contribution in [0.4, 0.5) is 0 Å². The number of carboxylic acids is 2. The van der Waals surface area contributed by atoms with E-state index in [0.717, 1.165) is 0 Å². The smallest absolute Gasteiger partial charge is 0.319 e. The van der Waals surface area contributed by atoms with Gasteiger partial charge in [-0.05, 0) is 6.54 Å². The molecule has 2 atom stereocenters. The van der Waals surface area contributed by atoms with Gasteiger partial charge in [0.15, 0.2) is 5.92 Å². The van der Waals surface area contributed by atoms with Crippen molar-refractivity contribution >= 4 is 23.8 Å². The number of nitrogens with zero attached hydrogens (tertiary/aromatic N) is 2. The van der Waals surface area contributed by atoms with Crippen LogP contribution < -0.4 is 10.6 Å². The van der Waals surface area contributed by atoms with Crippen molar-refractivity contribution in [3.63, 3.8) is 0 Å². The van der Waals surface area contributed by atoms with Crippen LogP contribution in [0, 0.1) is 5.92 Å². The highest BCUT2D eigenvalue weighted by atomic mass is 16.4. The van der Waals surface area contributed by atoms with E-state index in [1.54, 1.807) is 11.8 Å². The van der Waals surface area contributed by atoms with E-state index < -0.39 is 61.6 Å². The third-order valence-corrected chi connectivity index (χ3v) is 4.44. The number of aliphatic hydroxyl groups is 4. The van der Waals surface area contributed by atoms with Crippen molar-refractivity contribution in [3.05, 3.63) is 0 Å². The number of likely N-dealkylation sites (N-methyl/N-ethyl adjacent to an activating group) is 1. The van der Waals surface area contributed by atoms with Crippen LogP contribution in [0.3, 0.4) is 0 Å². The van der Waals surface area contributed by atoms with Gasteiger partial charge in [-0.3, -0.25) is 29.0 Å². The first-order valence-electron chi connectivity index (χ1n) is 10.0. The second-order valence-corrected chi connectivity index (χ2v) is 7.11. The maximum atomic E-state index is 12.1. The Morgan fingerprint density at radius 1 is 0.781 bits per heavy atom. The molecule has 2 unspecified atom stereocenters. The monoisotopic (exact) mass is 466 g/mol. The molecule has 0 spiro atoms. The predicted octanol–water partition coefficient (Wildman–Crippen LogP) is -4.67. The highest BCUT2D eigenvalue weighted by Crippen LogP contribution is 2.03. The van der Waals surface area contributed by atoms with Gasteiger partial charge in [0.1, 0.15) is 0 Å². The Morgan fingerprint density at radius 3 is 1.56 bits per heavy atom. The third kappa shape index (κ3) is 13.1. The van der Waals surface area contributed by atoms with Crippen LogP contribution in [0.1, 0.15) is 6.92 Å². The Balaban J connectivity index is 5.00. The minimum absolute atomic E-state index is 0.0629. The highest BCUT2D eigenvalue weighted by molar-refractivity contribution is 5.93. The molecule has 32 heavy (non-hydrogen) atoms. The molecule has 0 aliphatic heterocycles. The molecule has 14 nitrogen and oxygen atoms in total. The number of aliphatic carboxylic acids is 2. The van der Waals surface area contributed by atoms with Gasteiger partial charge in [-0.2, -0.15) is 0 Å². The van der Waals surface area contributed by atoms with Gasteiger partial charge in [-0.1, -0.05) is 6.92 Å². The number of hydrogen-bond acceptors (Lipinski definition) is 10. The standard InChI is InChI=1S/C18H34N4O10/c1-2-21(8-15(27)19-5-12(25)10-23)3-4-22(7-14(17(29)30)18(31)32)9-16(28)20-6-13(26)11-24/h12-14,23-26H,2-11H2,1H3,(H,19,27)(H,20,28)(H,29,30)(H,31,32). The maximum Gasteiger partial charge on any atom is 0.319 e. The van der Waals surface area contributed by atoms with Gasteiger partial charge in [0, 0.05) is 32.7 Å². The molecular weight excluding hydrogens is 432 g/mol. The first-order valence-corrected chi connectivity index (χ1v) is 10.0. The number of rotatable bonds is 18. The molecule has 0 radical (unpaired) electrons. The molecule has 0 aromatic heterocycles. The average molecular weight is 466 g/mol. The van der Waals surface area contributed by atoms with E-state index in [0.29, 0.717) is 6.54 Å². The van der Waals surface area contributed by atoms with Crippen LogP contribution >= 0.6 is 0 Å². The molecule has 0 heterocycles. The van der Waals surface area contributed by atoms with Crippen molar-refractivity contribution in [1.82, 2.24) is 20.4 Å². The van der Waals surface area contributed by atoms with E-state index in [1.165, 1.54) is 4.90 Å². The Morgan fingerprint density at radius 2 is 1.19 bits per heavy atom. The lowest BCUT2D eigenvalue weighted by molar-refractivity contribution is -0.155. The molecule has 0 saturated heterocycles. The van der Waals surface area contributed by atoms with Crippen LogP contribution in [-0.4, -0.2) is 142 Å². The molecule has 0 rings (SSSR count). The number of carbonyl (C=O) groups excluding carboxylic acids is 2. The zero-order valence-corrected chi connectivity index (χ0v) is 18.0. The van der Waals surface area contributed by atoms with Crippen LogP contribution in [0.25, 0.3) is 0 Å². The van der Waals surface area contributed by atoms with E-state index >= 15 is 0 Å². The van der Waals surface area contributed by atoms with Gasteiger partial charge in [-0.25, -0.2) is 0 Å². The van der Waals surface area contributed by atoms with E-state index in [1.807, 2.05) is 0 Å². The van der Waals surface area contributed by atoms with Crippen molar-refractivity contribution in [2.45, 2.75) is 19.1 Å². The zero-order chi connectivity index (χ0) is 24.7. The summed E-state index contributed by atoms with van der Waals surface area (Å²) in [4.78, 5) is 49.5. The van der Waals surface area contributed by atoms with Crippen LogP contribution in [0.2, 0.25) is 0 Å². The SMILES string of the molecule is CCN(CCN(CC(=O)NCC(O)CO)CC(C(=O)O)C(=O)O)CC(=O)NCC(O)CO. The van der Waals surface area contributed by atoms with Gasteiger partial charge >= 0.3 is 11.9 Å². The molecule has 0 aliphatic carbocycles. The number of aliphatic hydroxyl groups excluding tert-OH is 4. The topological polar surface area (TPSA) is 220 Å². The fourth-order valence-corrected chi connectivity index (χ4v) is 2.50. The summed E-state index contributed by atoms with van der Waals surface area (Å²) in [6.45, 7) is 0.126. The summed E-state index contributed by atoms with van der Waals surface area (Å²) in [6.07, 6.45) is -2.26. The highest BCUT2D eigenvalue weighted by Gasteiger charge is 2.29. The second-order valence-electron chi connectivity index (χ2n) is 7.11. The van der Waals surface area contributed by atoms with E-state index in [2.05, 4.69) is 10.6 Å². The number of nitrogens with one attached hydrogen (secondary N) is 2. The number of hydrogen-bond donors (Lipinski definition) is 8. The molecule has 8 N–H and O–H groups in total. The van der Waals surface area contributed by atoms with E-state index in [9.17, 15) is 29.4 Å². The molecular formula is C18H34N4O10. The van der Waals surface area contributed by atoms with Gasteiger partial charge < -0.3 is 41.3 Å². The van der Waals surface area contributed by atoms with Crippen molar-refractivity contribution in [1.29, 1.82) is 0 Å². The lowest BCUT2D eigenvalue weighted by Crippen LogP contribution is -2.48. The molecule has 0 fully saturated rings. The molecule has 0 aromatic rings. The third-order valence-electron chi connectivity index (χ3n) is 4.44. The fourth-order valence-electron chi connectivity index (χ4n) is 2.50. The molecule has 0 aliphatic rings. The fraction of sp³-hybridized carbons (Fsp3) is 0.778. The van der Waals surface area contributed by atoms with E-state index in [4.69, 9.17) is 20.4 Å². The van der Waals surface area contributed by atoms with Gasteiger partial charge in [0.25, 0.3) is 0 Å². The molecule has 0 saturated carbocycles. The summed E-state index contributed by atoms with van der Waals surface area (Å²) in [5.74, 6) is -5.92. The number of carbonyl (C=O) groups is 4. The summed E-state index contributed by atoms with van der Waals surface area (Å²) in [7, 11) is 0. The minimum Gasteiger partial charge on any atom is -0.481 e. The van der Waals surface area contributed by atoms with Gasteiger partial charge in [0.2, 0.25) is 11.8 Å². The Bertz CT molecular complexity index is 592. The van der Waals surface area contributed by atoms with Crippen molar-refractivity contribution in [2.75, 3.05) is 65.6 Å². The Hall–Kier alpha value is -2.36. The minimum atomic E-state index is -1.77. The zero-order valence-electron chi connectivity index (χ0n) is 18.0. The van der Waals surface area contributed by atoms with Crippen LogP contribution in [-0.2, 0) is 19.2 Å². The predicted molar refractivity (Wildman–Crippen MR) is 110 cm³/mol. The summed E-state index contributed by atoms with van der Waals surface area (Å²) < 4.78 is 0. The average Bonchev–Trinajstić information content (AvgIpc) is 2.75. The largest absolute Gasteiger partial charge is 0.481 e. The quantitative estimate of drug-likeness (QED) is 0.0893. The van der Waals surface area contributed by atoms with Gasteiger partial charge in [0.05, 0.1) is 38.5 Å². The summed E-state index contributed by atoms with van der Waals surface area (Å²) in [6, 6.07) is 0. The molecule has 186 valence electrons. The number of amides is 2. The van der Waals surface area contributed by atoms with Crippen molar-refractivity contribution in [2.24, 2.45) is 5.92 Å². The molecule has 0 aromatic carbocycles. The summed E-state index contributed by atoms with van der Waals surface area (Å²) in [5.41, 5.74) is 0. The van der Waals surface area contributed by atoms with Crippen LogP contribution in [0.15, 0.2) is 0 Å². The van der Waals surface area contributed by atoms with Crippen molar-refractivity contribution in [3.8, 4) is 0 Å². The second kappa shape index (κ2) is 16.3. The lowest BCUT2D eigenvalue weighted by Gasteiger charge is -2.27. The Kier molecular flexibility index (Phi) is 15.1. The maximum absolute atomic E-state index is 12.1. The first-order chi connectivity index (χ1) is 15.0.